The van der Waals surface area contributed by atoms with Crippen molar-refractivity contribution in [2.45, 2.75) is 32.7 Å². The molecule has 1 aliphatic rings. The highest BCUT2D eigenvalue weighted by Gasteiger charge is 2.23. The van der Waals surface area contributed by atoms with Gasteiger partial charge in [0, 0.05) is 6.54 Å². The van der Waals surface area contributed by atoms with Crippen molar-refractivity contribution in [2.75, 3.05) is 13.1 Å². The van der Waals surface area contributed by atoms with E-state index in [1.54, 1.807) is 0 Å². The lowest BCUT2D eigenvalue weighted by molar-refractivity contribution is -0.123. The molecule has 1 rings (SSSR count). The van der Waals surface area contributed by atoms with Crippen LogP contribution in [0.4, 0.5) is 0 Å². The van der Waals surface area contributed by atoms with E-state index in [4.69, 9.17) is 0 Å². The van der Waals surface area contributed by atoms with Crippen LogP contribution in [0.5, 0.6) is 0 Å². The Kier molecular flexibility index (Phi) is 3.53. The second-order valence-electron chi connectivity index (χ2n) is 3.53. The highest BCUT2D eigenvalue weighted by atomic mass is 16.2. The van der Waals surface area contributed by atoms with E-state index in [9.17, 15) is 4.79 Å². The zero-order valence-electron chi connectivity index (χ0n) is 7.89. The van der Waals surface area contributed by atoms with Gasteiger partial charge in [0.1, 0.15) is 0 Å². The molecule has 2 atom stereocenters. The van der Waals surface area contributed by atoms with E-state index in [0.717, 1.165) is 19.5 Å². The summed E-state index contributed by atoms with van der Waals surface area (Å²) in [6, 6.07) is 0.0497. The van der Waals surface area contributed by atoms with E-state index in [1.807, 2.05) is 6.92 Å². The molecule has 0 saturated carbocycles. The lowest BCUT2D eigenvalue weighted by atomic mass is 9.94. The van der Waals surface area contributed by atoms with Gasteiger partial charge >= 0.3 is 0 Å². The number of amides is 1. The van der Waals surface area contributed by atoms with E-state index in [-0.39, 0.29) is 11.9 Å². The third kappa shape index (κ3) is 2.48. The summed E-state index contributed by atoms with van der Waals surface area (Å²) in [5.41, 5.74) is 0. The van der Waals surface area contributed by atoms with Crippen LogP contribution in [0.1, 0.15) is 26.7 Å². The molecule has 0 aromatic carbocycles. The smallest absolute Gasteiger partial charge is 0.237 e. The number of hydrogen-bond acceptors (Lipinski definition) is 2. The van der Waals surface area contributed by atoms with E-state index >= 15 is 0 Å². The monoisotopic (exact) mass is 170 g/mol. The Morgan fingerprint density at radius 3 is 3.00 bits per heavy atom. The van der Waals surface area contributed by atoms with Crippen LogP contribution >= 0.6 is 0 Å². The lowest BCUT2D eigenvalue weighted by Crippen LogP contribution is -2.48. The number of rotatable bonds is 2. The van der Waals surface area contributed by atoms with Crippen molar-refractivity contribution in [2.24, 2.45) is 5.92 Å². The molecule has 0 aromatic rings. The van der Waals surface area contributed by atoms with Crippen molar-refractivity contribution in [1.29, 1.82) is 0 Å². The minimum atomic E-state index is 0.0497. The summed E-state index contributed by atoms with van der Waals surface area (Å²) in [5, 5.41) is 6.06. The third-order valence-electron chi connectivity index (χ3n) is 2.33. The summed E-state index contributed by atoms with van der Waals surface area (Å²) in [6.07, 6.45) is 2.17. The quantitative estimate of drug-likeness (QED) is 0.634. The molecular formula is C9H18N2O. The molecule has 1 aliphatic heterocycles. The van der Waals surface area contributed by atoms with Crippen molar-refractivity contribution in [3.63, 3.8) is 0 Å². The molecule has 0 spiro atoms. The summed E-state index contributed by atoms with van der Waals surface area (Å²) in [5.74, 6) is 0.836. The van der Waals surface area contributed by atoms with Crippen molar-refractivity contribution < 1.29 is 4.79 Å². The summed E-state index contributed by atoms with van der Waals surface area (Å²) < 4.78 is 0. The highest BCUT2D eigenvalue weighted by molar-refractivity contribution is 5.81. The van der Waals surface area contributed by atoms with Crippen LogP contribution < -0.4 is 10.6 Å². The number of hydrogen-bond donors (Lipinski definition) is 2. The average molecular weight is 170 g/mol. The Morgan fingerprint density at radius 2 is 2.42 bits per heavy atom. The molecule has 0 aromatic heterocycles. The van der Waals surface area contributed by atoms with Gasteiger partial charge in [0.2, 0.25) is 5.91 Å². The minimum Gasteiger partial charge on any atom is -0.355 e. The molecule has 0 bridgehead atoms. The van der Waals surface area contributed by atoms with E-state index in [0.29, 0.717) is 5.92 Å². The standard InChI is InChI=1S/C9H18N2O/c1-3-10-9(12)8-6-7(2)4-5-11-8/h7-8,11H,3-6H2,1-2H3,(H,10,12)/t7?,8-/m1/s1. The first-order chi connectivity index (χ1) is 5.74. The van der Waals surface area contributed by atoms with Crippen LogP contribution in [0.2, 0.25) is 0 Å². The molecule has 0 radical (unpaired) electrons. The van der Waals surface area contributed by atoms with Crippen LogP contribution in [-0.2, 0) is 4.79 Å². The Labute approximate surface area is 73.9 Å². The van der Waals surface area contributed by atoms with Crippen molar-refractivity contribution >= 4 is 5.91 Å². The number of carbonyl (C=O) groups is 1. The van der Waals surface area contributed by atoms with Gasteiger partial charge in [0.25, 0.3) is 0 Å². The Hall–Kier alpha value is -0.570. The van der Waals surface area contributed by atoms with Gasteiger partial charge in [-0.2, -0.15) is 0 Å². The van der Waals surface area contributed by atoms with Gasteiger partial charge in [-0.05, 0) is 32.2 Å². The van der Waals surface area contributed by atoms with E-state index in [1.165, 1.54) is 6.42 Å². The van der Waals surface area contributed by atoms with E-state index in [2.05, 4.69) is 17.6 Å². The maximum Gasteiger partial charge on any atom is 0.237 e. The first-order valence-corrected chi connectivity index (χ1v) is 4.75. The predicted molar refractivity (Wildman–Crippen MR) is 48.9 cm³/mol. The van der Waals surface area contributed by atoms with Crippen molar-refractivity contribution in [3.8, 4) is 0 Å². The molecule has 3 heteroatoms. The fourth-order valence-electron chi connectivity index (χ4n) is 1.60. The lowest BCUT2D eigenvalue weighted by Gasteiger charge is -2.26. The first-order valence-electron chi connectivity index (χ1n) is 4.75. The largest absolute Gasteiger partial charge is 0.355 e. The Bertz CT molecular complexity index is 159. The minimum absolute atomic E-state index is 0.0497. The van der Waals surface area contributed by atoms with Gasteiger partial charge in [0.05, 0.1) is 6.04 Å². The van der Waals surface area contributed by atoms with Crippen LogP contribution in [0.25, 0.3) is 0 Å². The Balaban J connectivity index is 2.35. The number of nitrogens with one attached hydrogen (secondary N) is 2. The molecule has 3 nitrogen and oxygen atoms in total. The fourth-order valence-corrected chi connectivity index (χ4v) is 1.60. The average Bonchev–Trinajstić information content (AvgIpc) is 2.05. The fraction of sp³-hybridized carbons (Fsp3) is 0.889. The van der Waals surface area contributed by atoms with Crippen molar-refractivity contribution in [1.82, 2.24) is 10.6 Å². The van der Waals surface area contributed by atoms with Gasteiger partial charge in [-0.1, -0.05) is 6.92 Å². The molecule has 1 unspecified atom stereocenters. The van der Waals surface area contributed by atoms with Gasteiger partial charge in [0.15, 0.2) is 0 Å². The zero-order valence-corrected chi connectivity index (χ0v) is 7.89. The summed E-state index contributed by atoms with van der Waals surface area (Å²) in [7, 11) is 0. The molecular weight excluding hydrogens is 152 g/mol. The van der Waals surface area contributed by atoms with Crippen LogP contribution in [0.15, 0.2) is 0 Å². The van der Waals surface area contributed by atoms with E-state index < -0.39 is 0 Å². The maximum absolute atomic E-state index is 11.4. The topological polar surface area (TPSA) is 41.1 Å². The molecule has 1 fully saturated rings. The molecule has 1 saturated heterocycles. The van der Waals surface area contributed by atoms with Gasteiger partial charge in [-0.25, -0.2) is 0 Å². The van der Waals surface area contributed by atoms with Crippen LogP contribution in [0, 0.1) is 5.92 Å². The van der Waals surface area contributed by atoms with Crippen LogP contribution in [-0.4, -0.2) is 25.0 Å². The highest BCUT2D eigenvalue weighted by Crippen LogP contribution is 2.14. The SMILES string of the molecule is CCNC(=O)[C@H]1CC(C)CCN1. The number of piperidine rings is 1. The summed E-state index contributed by atoms with van der Waals surface area (Å²) >= 11 is 0. The molecule has 2 N–H and O–H groups in total. The third-order valence-corrected chi connectivity index (χ3v) is 2.33. The van der Waals surface area contributed by atoms with Gasteiger partial charge < -0.3 is 10.6 Å². The maximum atomic E-state index is 11.4. The molecule has 70 valence electrons. The molecule has 0 aliphatic carbocycles. The second-order valence-corrected chi connectivity index (χ2v) is 3.53. The van der Waals surface area contributed by atoms with Crippen LogP contribution in [0.3, 0.4) is 0 Å². The normalized spacial score (nSPS) is 29.8. The summed E-state index contributed by atoms with van der Waals surface area (Å²) in [4.78, 5) is 11.4. The van der Waals surface area contributed by atoms with Gasteiger partial charge in [-0.15, -0.1) is 0 Å². The predicted octanol–water partition coefficient (Wildman–Crippen LogP) is 0.511. The summed E-state index contributed by atoms with van der Waals surface area (Å²) in [6.45, 7) is 5.85. The Morgan fingerprint density at radius 1 is 1.67 bits per heavy atom. The zero-order chi connectivity index (χ0) is 8.97. The number of likely N-dealkylation sites (N-methyl/N-ethyl adjacent to an activating group) is 1. The molecule has 1 amide bonds. The molecule has 12 heavy (non-hydrogen) atoms. The van der Waals surface area contributed by atoms with Gasteiger partial charge in [-0.3, -0.25) is 4.79 Å². The van der Waals surface area contributed by atoms with Crippen molar-refractivity contribution in [3.05, 3.63) is 0 Å². The second kappa shape index (κ2) is 4.45. The molecule has 1 heterocycles. The first kappa shape index (κ1) is 9.52. The number of carbonyl (C=O) groups excluding carboxylic acids is 1.